The van der Waals surface area contributed by atoms with E-state index in [2.05, 4.69) is 9.97 Å². The summed E-state index contributed by atoms with van der Waals surface area (Å²) in [5, 5.41) is 0. The number of thioether (sulfide) groups is 1. The van der Waals surface area contributed by atoms with E-state index in [0.717, 1.165) is 0 Å². The minimum Gasteiger partial charge on any atom is -0.437 e. The Bertz CT molecular complexity index is 473. The molecule has 0 aliphatic heterocycles. The number of ether oxygens (including phenoxy) is 1. The molecule has 0 saturated carbocycles. The van der Waals surface area contributed by atoms with Crippen molar-refractivity contribution in [3.8, 4) is 11.6 Å². The number of nitrogens with zero attached hydrogens (tertiary/aromatic N) is 2. The van der Waals surface area contributed by atoms with Crippen molar-refractivity contribution >= 4 is 17.4 Å². The Morgan fingerprint density at radius 3 is 2.62 bits per heavy atom. The molecule has 0 saturated heterocycles. The summed E-state index contributed by atoms with van der Waals surface area (Å²) in [6.07, 6.45) is 4.94. The van der Waals surface area contributed by atoms with Crippen LogP contribution in [0.15, 0.2) is 41.7 Å². The Morgan fingerprint density at radius 1 is 1.25 bits per heavy atom. The topological polar surface area (TPSA) is 61.0 Å². The van der Waals surface area contributed by atoms with Gasteiger partial charge in [-0.2, -0.15) is 4.98 Å². The molecular formula is C11H11N3OS. The van der Waals surface area contributed by atoms with Gasteiger partial charge < -0.3 is 10.5 Å². The predicted molar refractivity (Wildman–Crippen MR) is 64.7 cm³/mol. The third-order valence-corrected chi connectivity index (χ3v) is 2.72. The van der Waals surface area contributed by atoms with Crippen molar-refractivity contribution in [1.82, 2.24) is 9.97 Å². The number of aromatic nitrogens is 2. The molecule has 0 fully saturated rings. The summed E-state index contributed by atoms with van der Waals surface area (Å²) in [4.78, 5) is 8.93. The van der Waals surface area contributed by atoms with Crippen molar-refractivity contribution in [2.24, 2.45) is 0 Å². The molecule has 5 heteroatoms. The van der Waals surface area contributed by atoms with Crippen LogP contribution in [0.25, 0.3) is 0 Å². The monoisotopic (exact) mass is 233 g/mol. The zero-order valence-electron chi connectivity index (χ0n) is 8.75. The minimum atomic E-state index is 0.381. The van der Waals surface area contributed by atoms with Crippen LogP contribution in [-0.4, -0.2) is 16.2 Å². The van der Waals surface area contributed by atoms with Crippen LogP contribution in [0, 0.1) is 0 Å². The Labute approximate surface area is 97.9 Å². The molecule has 0 bridgehead atoms. The zero-order chi connectivity index (χ0) is 11.4. The van der Waals surface area contributed by atoms with E-state index in [1.165, 1.54) is 17.4 Å². The van der Waals surface area contributed by atoms with E-state index in [0.29, 0.717) is 17.3 Å². The molecule has 0 atom stereocenters. The standard InChI is InChI=1S/C11H11N3OS/c1-16-9-4-2-8(3-5-9)15-11-10(12)6-13-7-14-11/h2-7H,12H2,1H3. The smallest absolute Gasteiger partial charge is 0.245 e. The molecule has 1 aromatic heterocycles. The summed E-state index contributed by atoms with van der Waals surface area (Å²) in [5.74, 6) is 1.09. The number of benzene rings is 1. The summed E-state index contributed by atoms with van der Waals surface area (Å²) in [6, 6.07) is 7.73. The molecule has 1 aromatic carbocycles. The third kappa shape index (κ3) is 2.43. The molecule has 1 heterocycles. The molecule has 4 nitrogen and oxygen atoms in total. The van der Waals surface area contributed by atoms with E-state index >= 15 is 0 Å². The fourth-order valence-electron chi connectivity index (χ4n) is 1.17. The third-order valence-electron chi connectivity index (χ3n) is 1.98. The van der Waals surface area contributed by atoms with E-state index in [9.17, 15) is 0 Å². The van der Waals surface area contributed by atoms with Crippen molar-refractivity contribution in [1.29, 1.82) is 0 Å². The summed E-state index contributed by atoms with van der Waals surface area (Å²) in [6.45, 7) is 0. The molecule has 0 spiro atoms. The average Bonchev–Trinajstić information content (AvgIpc) is 2.33. The average molecular weight is 233 g/mol. The highest BCUT2D eigenvalue weighted by atomic mass is 32.2. The van der Waals surface area contributed by atoms with Crippen LogP contribution >= 0.6 is 11.8 Å². The summed E-state index contributed by atoms with van der Waals surface area (Å²) >= 11 is 1.68. The molecule has 0 aliphatic carbocycles. The summed E-state index contributed by atoms with van der Waals surface area (Å²) in [5.41, 5.74) is 6.10. The van der Waals surface area contributed by atoms with Crippen molar-refractivity contribution < 1.29 is 4.74 Å². The summed E-state index contributed by atoms with van der Waals surface area (Å²) in [7, 11) is 0. The van der Waals surface area contributed by atoms with E-state index in [-0.39, 0.29) is 0 Å². The molecule has 2 N–H and O–H groups in total. The minimum absolute atomic E-state index is 0.381. The highest BCUT2D eigenvalue weighted by Crippen LogP contribution is 2.25. The zero-order valence-corrected chi connectivity index (χ0v) is 9.57. The van der Waals surface area contributed by atoms with Gasteiger partial charge in [-0.3, -0.25) is 0 Å². The van der Waals surface area contributed by atoms with Gasteiger partial charge in [0.2, 0.25) is 5.88 Å². The lowest BCUT2D eigenvalue weighted by atomic mass is 10.3. The largest absolute Gasteiger partial charge is 0.437 e. The molecular weight excluding hydrogens is 222 g/mol. The molecule has 2 aromatic rings. The van der Waals surface area contributed by atoms with Gasteiger partial charge in [0.25, 0.3) is 0 Å². The van der Waals surface area contributed by atoms with Crippen LogP contribution in [-0.2, 0) is 0 Å². The van der Waals surface area contributed by atoms with Gasteiger partial charge in [0.1, 0.15) is 17.8 Å². The maximum atomic E-state index is 5.67. The molecule has 16 heavy (non-hydrogen) atoms. The van der Waals surface area contributed by atoms with Gasteiger partial charge in [-0.1, -0.05) is 0 Å². The van der Waals surface area contributed by atoms with Crippen LogP contribution in [0.1, 0.15) is 0 Å². The fourth-order valence-corrected chi connectivity index (χ4v) is 1.58. The lowest BCUT2D eigenvalue weighted by molar-refractivity contribution is 0.464. The van der Waals surface area contributed by atoms with E-state index in [1.807, 2.05) is 30.5 Å². The lowest BCUT2D eigenvalue weighted by Crippen LogP contribution is -1.95. The van der Waals surface area contributed by atoms with Crippen molar-refractivity contribution in [3.05, 3.63) is 36.8 Å². The number of nitrogens with two attached hydrogens (primary N) is 1. The molecule has 0 radical (unpaired) electrons. The van der Waals surface area contributed by atoms with Crippen LogP contribution in [0.4, 0.5) is 5.69 Å². The van der Waals surface area contributed by atoms with Gasteiger partial charge in [-0.25, -0.2) is 4.98 Å². The number of anilines is 1. The first-order chi connectivity index (χ1) is 7.79. The normalized spacial score (nSPS) is 10.1. The van der Waals surface area contributed by atoms with E-state index < -0.39 is 0 Å². The van der Waals surface area contributed by atoms with Crippen molar-refractivity contribution in [2.45, 2.75) is 4.90 Å². The van der Waals surface area contributed by atoms with Crippen LogP contribution < -0.4 is 10.5 Å². The van der Waals surface area contributed by atoms with Gasteiger partial charge in [0, 0.05) is 4.90 Å². The predicted octanol–water partition coefficient (Wildman–Crippen LogP) is 2.57. The van der Waals surface area contributed by atoms with Gasteiger partial charge in [-0.15, -0.1) is 11.8 Å². The maximum Gasteiger partial charge on any atom is 0.245 e. The second-order valence-electron chi connectivity index (χ2n) is 3.06. The number of nitrogen functional groups attached to an aromatic ring is 1. The molecule has 0 unspecified atom stereocenters. The van der Waals surface area contributed by atoms with Crippen molar-refractivity contribution in [3.63, 3.8) is 0 Å². The highest BCUT2D eigenvalue weighted by molar-refractivity contribution is 7.98. The second-order valence-corrected chi connectivity index (χ2v) is 3.94. The van der Waals surface area contributed by atoms with Crippen LogP contribution in [0.2, 0.25) is 0 Å². The Hall–Kier alpha value is -1.75. The maximum absolute atomic E-state index is 5.67. The van der Waals surface area contributed by atoms with Gasteiger partial charge in [0.15, 0.2) is 0 Å². The highest BCUT2D eigenvalue weighted by Gasteiger charge is 2.02. The first kappa shape index (κ1) is 10.8. The van der Waals surface area contributed by atoms with E-state index in [4.69, 9.17) is 10.5 Å². The molecule has 0 aliphatic rings. The fraction of sp³-hybridized carbons (Fsp3) is 0.0909. The number of hydrogen-bond acceptors (Lipinski definition) is 5. The van der Waals surface area contributed by atoms with Gasteiger partial charge in [-0.05, 0) is 30.5 Å². The number of rotatable bonds is 3. The van der Waals surface area contributed by atoms with Gasteiger partial charge in [0.05, 0.1) is 6.20 Å². The van der Waals surface area contributed by atoms with Gasteiger partial charge >= 0.3 is 0 Å². The van der Waals surface area contributed by atoms with E-state index in [1.54, 1.807) is 11.8 Å². The Balaban J connectivity index is 2.18. The Kier molecular flexibility index (Phi) is 3.26. The first-order valence-electron chi connectivity index (χ1n) is 4.67. The first-order valence-corrected chi connectivity index (χ1v) is 5.89. The second kappa shape index (κ2) is 4.85. The molecule has 82 valence electrons. The Morgan fingerprint density at radius 2 is 2.00 bits per heavy atom. The SMILES string of the molecule is CSc1ccc(Oc2ncncc2N)cc1. The molecule has 0 amide bonds. The summed E-state index contributed by atoms with van der Waals surface area (Å²) < 4.78 is 5.52. The van der Waals surface area contributed by atoms with Crippen LogP contribution in [0.5, 0.6) is 11.6 Å². The number of hydrogen-bond donors (Lipinski definition) is 1. The molecule has 2 rings (SSSR count). The van der Waals surface area contributed by atoms with Crippen LogP contribution in [0.3, 0.4) is 0 Å². The van der Waals surface area contributed by atoms with Crippen molar-refractivity contribution in [2.75, 3.05) is 12.0 Å². The quantitative estimate of drug-likeness (QED) is 0.825. The lowest BCUT2D eigenvalue weighted by Gasteiger charge is -2.06.